The Labute approximate surface area is 90.3 Å². The third-order valence-electron chi connectivity index (χ3n) is 2.36. The van der Waals surface area contributed by atoms with Gasteiger partial charge >= 0.3 is 0 Å². The maximum absolute atomic E-state index is 11.6. The van der Waals surface area contributed by atoms with Gasteiger partial charge in [-0.15, -0.1) is 0 Å². The fraction of sp³-hybridized carbons (Fsp3) is 0.455. The molecule has 0 spiro atoms. The van der Waals surface area contributed by atoms with Crippen molar-refractivity contribution in [1.29, 1.82) is 0 Å². The van der Waals surface area contributed by atoms with E-state index in [1.54, 1.807) is 24.5 Å². The largest absolute Gasteiger partial charge is 0.350 e. The Morgan fingerprint density at radius 1 is 1.60 bits per heavy atom. The molecule has 4 nitrogen and oxygen atoms in total. The topological polar surface area (TPSA) is 45.2 Å². The summed E-state index contributed by atoms with van der Waals surface area (Å²) in [4.78, 5) is 17.6. The molecule has 1 heterocycles. The number of aromatic nitrogens is 1. The van der Waals surface area contributed by atoms with Crippen LogP contribution in [0.25, 0.3) is 0 Å². The van der Waals surface area contributed by atoms with Crippen LogP contribution in [0.2, 0.25) is 0 Å². The predicted octanol–water partition coefficient (Wildman–Crippen LogP) is 0.762. The molecular formula is C11H17N3O. The van der Waals surface area contributed by atoms with Crippen LogP contribution in [0.3, 0.4) is 0 Å². The summed E-state index contributed by atoms with van der Waals surface area (Å²) >= 11 is 0. The van der Waals surface area contributed by atoms with Crippen LogP contribution in [0.15, 0.2) is 24.5 Å². The molecule has 0 saturated carbocycles. The van der Waals surface area contributed by atoms with Crippen LogP contribution in [0, 0.1) is 0 Å². The lowest BCUT2D eigenvalue weighted by atomic mass is 10.2. The van der Waals surface area contributed by atoms with Crippen LogP contribution in [0.4, 0.5) is 0 Å². The van der Waals surface area contributed by atoms with Gasteiger partial charge in [0.15, 0.2) is 0 Å². The van der Waals surface area contributed by atoms with Gasteiger partial charge in [-0.05, 0) is 33.2 Å². The zero-order valence-corrected chi connectivity index (χ0v) is 9.40. The molecule has 0 aliphatic heterocycles. The first kappa shape index (κ1) is 11.7. The number of likely N-dealkylation sites (N-methyl/N-ethyl adjacent to an activating group) is 1. The monoisotopic (exact) mass is 207 g/mol. The second-order valence-electron chi connectivity index (χ2n) is 3.76. The van der Waals surface area contributed by atoms with E-state index in [1.807, 2.05) is 14.1 Å². The standard InChI is InChI=1S/C11H17N3O/c1-9(14(2)3)7-13-11(15)10-5-4-6-12-8-10/h4-6,8-9H,7H2,1-3H3,(H,13,15)/t9-/m0/s1. The van der Waals surface area contributed by atoms with Gasteiger partial charge < -0.3 is 10.2 Å². The van der Waals surface area contributed by atoms with Gasteiger partial charge in [0.25, 0.3) is 5.91 Å². The highest BCUT2D eigenvalue weighted by Gasteiger charge is 2.08. The summed E-state index contributed by atoms with van der Waals surface area (Å²) < 4.78 is 0. The van der Waals surface area contributed by atoms with Crippen molar-refractivity contribution >= 4 is 5.91 Å². The number of nitrogens with zero attached hydrogens (tertiary/aromatic N) is 2. The van der Waals surface area contributed by atoms with Gasteiger partial charge in [-0.2, -0.15) is 0 Å². The molecule has 82 valence electrons. The lowest BCUT2D eigenvalue weighted by molar-refractivity contribution is 0.0943. The molecule has 1 rings (SSSR count). The van der Waals surface area contributed by atoms with Crippen LogP contribution < -0.4 is 5.32 Å². The second-order valence-corrected chi connectivity index (χ2v) is 3.76. The molecule has 1 N–H and O–H groups in total. The number of amides is 1. The lowest BCUT2D eigenvalue weighted by Crippen LogP contribution is -2.38. The summed E-state index contributed by atoms with van der Waals surface area (Å²) in [6.45, 7) is 2.70. The third-order valence-corrected chi connectivity index (χ3v) is 2.36. The molecule has 0 bridgehead atoms. The minimum atomic E-state index is -0.0724. The van der Waals surface area contributed by atoms with E-state index in [9.17, 15) is 4.79 Å². The second kappa shape index (κ2) is 5.46. The molecule has 0 unspecified atom stereocenters. The summed E-state index contributed by atoms with van der Waals surface area (Å²) in [6, 6.07) is 3.83. The van der Waals surface area contributed by atoms with Gasteiger partial charge in [-0.3, -0.25) is 9.78 Å². The molecular weight excluding hydrogens is 190 g/mol. The van der Waals surface area contributed by atoms with Crippen molar-refractivity contribution in [3.05, 3.63) is 30.1 Å². The maximum Gasteiger partial charge on any atom is 0.252 e. The fourth-order valence-electron chi connectivity index (χ4n) is 1.02. The SMILES string of the molecule is C[C@@H](CNC(=O)c1cccnc1)N(C)C. The Kier molecular flexibility index (Phi) is 4.24. The Balaban J connectivity index is 2.44. The Morgan fingerprint density at radius 3 is 2.87 bits per heavy atom. The molecule has 0 radical (unpaired) electrons. The minimum Gasteiger partial charge on any atom is -0.350 e. The van der Waals surface area contributed by atoms with E-state index in [2.05, 4.69) is 22.1 Å². The summed E-state index contributed by atoms with van der Waals surface area (Å²) in [7, 11) is 3.97. The van der Waals surface area contributed by atoms with E-state index in [0.717, 1.165) is 0 Å². The number of carbonyl (C=O) groups is 1. The zero-order chi connectivity index (χ0) is 11.3. The Bertz CT molecular complexity index is 311. The molecule has 1 aromatic rings. The van der Waals surface area contributed by atoms with E-state index >= 15 is 0 Å². The smallest absolute Gasteiger partial charge is 0.252 e. The van der Waals surface area contributed by atoms with Gasteiger partial charge in [0.05, 0.1) is 5.56 Å². The van der Waals surface area contributed by atoms with Gasteiger partial charge in [0, 0.05) is 25.0 Å². The first-order chi connectivity index (χ1) is 7.11. The van der Waals surface area contributed by atoms with Gasteiger partial charge in [-0.1, -0.05) is 0 Å². The Hall–Kier alpha value is -1.42. The van der Waals surface area contributed by atoms with Crippen LogP contribution in [0.1, 0.15) is 17.3 Å². The highest BCUT2D eigenvalue weighted by Crippen LogP contribution is 1.96. The van der Waals surface area contributed by atoms with Crippen molar-refractivity contribution in [3.63, 3.8) is 0 Å². The van der Waals surface area contributed by atoms with E-state index in [4.69, 9.17) is 0 Å². The molecule has 0 aromatic carbocycles. The molecule has 1 atom stereocenters. The molecule has 0 aliphatic rings. The lowest BCUT2D eigenvalue weighted by Gasteiger charge is -2.19. The normalized spacial score (nSPS) is 12.5. The van der Waals surface area contributed by atoms with Crippen LogP contribution in [0.5, 0.6) is 0 Å². The number of rotatable bonds is 4. The number of hydrogen-bond donors (Lipinski definition) is 1. The van der Waals surface area contributed by atoms with Crippen molar-refractivity contribution in [2.24, 2.45) is 0 Å². The van der Waals surface area contributed by atoms with Crippen molar-refractivity contribution in [3.8, 4) is 0 Å². The van der Waals surface area contributed by atoms with Crippen molar-refractivity contribution in [2.75, 3.05) is 20.6 Å². The summed E-state index contributed by atoms with van der Waals surface area (Å²) in [5, 5.41) is 2.86. The number of carbonyl (C=O) groups excluding carboxylic acids is 1. The van der Waals surface area contributed by atoms with Crippen molar-refractivity contribution < 1.29 is 4.79 Å². The van der Waals surface area contributed by atoms with E-state index in [0.29, 0.717) is 18.2 Å². The van der Waals surface area contributed by atoms with Crippen molar-refractivity contribution in [2.45, 2.75) is 13.0 Å². The summed E-state index contributed by atoms with van der Waals surface area (Å²) in [6.07, 6.45) is 3.22. The number of hydrogen-bond acceptors (Lipinski definition) is 3. The predicted molar refractivity (Wildman–Crippen MR) is 59.7 cm³/mol. The Morgan fingerprint density at radius 2 is 2.33 bits per heavy atom. The highest BCUT2D eigenvalue weighted by atomic mass is 16.1. The van der Waals surface area contributed by atoms with Gasteiger partial charge in [0.1, 0.15) is 0 Å². The quantitative estimate of drug-likeness (QED) is 0.793. The molecule has 0 fully saturated rings. The first-order valence-electron chi connectivity index (χ1n) is 4.96. The van der Waals surface area contributed by atoms with E-state index in [1.165, 1.54) is 0 Å². The molecule has 0 saturated heterocycles. The van der Waals surface area contributed by atoms with E-state index in [-0.39, 0.29) is 5.91 Å². The molecule has 15 heavy (non-hydrogen) atoms. The fourth-order valence-corrected chi connectivity index (χ4v) is 1.02. The van der Waals surface area contributed by atoms with Crippen LogP contribution >= 0.6 is 0 Å². The highest BCUT2D eigenvalue weighted by molar-refractivity contribution is 5.93. The number of nitrogens with one attached hydrogen (secondary N) is 1. The maximum atomic E-state index is 11.6. The third kappa shape index (κ3) is 3.67. The molecule has 1 amide bonds. The average Bonchev–Trinajstić information content (AvgIpc) is 2.26. The van der Waals surface area contributed by atoms with Crippen molar-refractivity contribution in [1.82, 2.24) is 15.2 Å². The van der Waals surface area contributed by atoms with Gasteiger partial charge in [0.2, 0.25) is 0 Å². The average molecular weight is 207 g/mol. The molecule has 1 aromatic heterocycles. The summed E-state index contributed by atoms with van der Waals surface area (Å²) in [5.41, 5.74) is 0.600. The molecule has 0 aliphatic carbocycles. The van der Waals surface area contributed by atoms with Crippen LogP contribution in [-0.2, 0) is 0 Å². The molecule has 4 heteroatoms. The first-order valence-corrected chi connectivity index (χ1v) is 4.96. The van der Waals surface area contributed by atoms with Crippen LogP contribution in [-0.4, -0.2) is 42.5 Å². The summed E-state index contributed by atoms with van der Waals surface area (Å²) in [5.74, 6) is -0.0724. The van der Waals surface area contributed by atoms with E-state index < -0.39 is 0 Å². The van der Waals surface area contributed by atoms with Gasteiger partial charge in [-0.25, -0.2) is 0 Å². The number of pyridine rings is 1. The zero-order valence-electron chi connectivity index (χ0n) is 9.40. The minimum absolute atomic E-state index is 0.0724.